The van der Waals surface area contributed by atoms with Gasteiger partial charge >= 0.3 is 0 Å². The van der Waals surface area contributed by atoms with E-state index in [4.69, 9.17) is 17.3 Å². The van der Waals surface area contributed by atoms with Gasteiger partial charge in [0.1, 0.15) is 6.04 Å². The summed E-state index contributed by atoms with van der Waals surface area (Å²) in [5.41, 5.74) is 6.67. The lowest BCUT2D eigenvalue weighted by Gasteiger charge is -2.28. The van der Waals surface area contributed by atoms with E-state index in [1.165, 1.54) is 0 Å². The molecule has 1 saturated heterocycles. The van der Waals surface area contributed by atoms with Crippen LogP contribution < -0.4 is 11.1 Å². The molecule has 26 heavy (non-hydrogen) atoms. The molecule has 0 bridgehead atoms. The number of hydrogen-bond acceptors (Lipinski definition) is 3. The molecule has 0 spiro atoms. The topological polar surface area (TPSA) is 75.4 Å². The highest BCUT2D eigenvalue weighted by atomic mass is 35.5. The quantitative estimate of drug-likeness (QED) is 0.816. The number of carbonyl (C=O) groups excluding carboxylic acids is 2. The van der Waals surface area contributed by atoms with Crippen LogP contribution in [-0.2, 0) is 4.79 Å². The zero-order valence-electron chi connectivity index (χ0n) is 15.2. The SMILES string of the molecule is CC(C)C(NC(=O)c1ccc(Cl)cc1)C(=O)N1CC2CCC(N)C2C1.Cl. The molecule has 144 valence electrons. The lowest BCUT2D eigenvalue weighted by Crippen LogP contribution is -2.51. The third-order valence-electron chi connectivity index (χ3n) is 5.55. The van der Waals surface area contributed by atoms with E-state index in [2.05, 4.69) is 5.32 Å². The van der Waals surface area contributed by atoms with Crippen LogP contribution >= 0.6 is 24.0 Å². The lowest BCUT2D eigenvalue weighted by atomic mass is 9.98. The fraction of sp³-hybridized carbons (Fsp3) is 0.579. The third-order valence-corrected chi connectivity index (χ3v) is 5.80. The van der Waals surface area contributed by atoms with E-state index in [0.29, 0.717) is 29.0 Å². The van der Waals surface area contributed by atoms with Crippen molar-refractivity contribution in [3.05, 3.63) is 34.9 Å². The molecular weight excluding hydrogens is 373 g/mol. The summed E-state index contributed by atoms with van der Waals surface area (Å²) in [5.74, 6) is 0.680. The van der Waals surface area contributed by atoms with Gasteiger partial charge in [-0.3, -0.25) is 9.59 Å². The van der Waals surface area contributed by atoms with E-state index >= 15 is 0 Å². The number of carbonyl (C=O) groups is 2. The first kappa shape index (κ1) is 21.0. The summed E-state index contributed by atoms with van der Waals surface area (Å²) in [5, 5.41) is 3.48. The van der Waals surface area contributed by atoms with Gasteiger partial charge in [-0.05, 0) is 54.9 Å². The molecule has 7 heteroatoms. The number of nitrogens with zero attached hydrogens (tertiary/aromatic N) is 1. The zero-order valence-corrected chi connectivity index (χ0v) is 16.7. The molecule has 0 radical (unpaired) electrons. The van der Waals surface area contributed by atoms with Gasteiger partial charge in [0, 0.05) is 29.7 Å². The van der Waals surface area contributed by atoms with Crippen LogP contribution in [-0.4, -0.2) is 41.9 Å². The normalized spacial score (nSPS) is 25.6. The molecule has 0 aromatic heterocycles. The molecule has 1 aliphatic heterocycles. The van der Waals surface area contributed by atoms with Crippen LogP contribution in [0.25, 0.3) is 0 Å². The highest BCUT2D eigenvalue weighted by molar-refractivity contribution is 6.30. The molecule has 4 atom stereocenters. The van der Waals surface area contributed by atoms with Gasteiger partial charge in [0.2, 0.25) is 5.91 Å². The molecular formula is C19H27Cl2N3O2. The first-order valence-electron chi connectivity index (χ1n) is 8.97. The van der Waals surface area contributed by atoms with E-state index in [1.54, 1.807) is 24.3 Å². The molecule has 1 aliphatic carbocycles. The number of rotatable bonds is 4. The fourth-order valence-corrected chi connectivity index (χ4v) is 4.15. The Kier molecular flexibility index (Phi) is 6.94. The van der Waals surface area contributed by atoms with E-state index < -0.39 is 6.04 Å². The maximum absolute atomic E-state index is 13.0. The number of fused-ring (bicyclic) bond motifs is 1. The predicted octanol–water partition coefficient (Wildman–Crippen LogP) is 2.71. The Morgan fingerprint density at radius 1 is 1.19 bits per heavy atom. The number of likely N-dealkylation sites (tertiary alicyclic amines) is 1. The average Bonchev–Trinajstić information content (AvgIpc) is 3.14. The van der Waals surface area contributed by atoms with Crippen molar-refractivity contribution in [1.82, 2.24) is 10.2 Å². The van der Waals surface area contributed by atoms with Gasteiger partial charge in [0.15, 0.2) is 0 Å². The van der Waals surface area contributed by atoms with Gasteiger partial charge < -0.3 is 16.0 Å². The van der Waals surface area contributed by atoms with Crippen molar-refractivity contribution >= 4 is 35.8 Å². The monoisotopic (exact) mass is 399 g/mol. The molecule has 2 fully saturated rings. The van der Waals surface area contributed by atoms with Crippen molar-refractivity contribution in [2.45, 2.75) is 38.8 Å². The Bertz CT molecular complexity index is 651. The molecule has 2 aliphatic rings. The second-order valence-corrected chi connectivity index (χ2v) is 8.05. The number of amides is 2. The summed E-state index contributed by atoms with van der Waals surface area (Å²) in [6.45, 7) is 5.38. The van der Waals surface area contributed by atoms with Crippen molar-refractivity contribution in [2.24, 2.45) is 23.5 Å². The minimum Gasteiger partial charge on any atom is -0.340 e. The van der Waals surface area contributed by atoms with Crippen molar-refractivity contribution in [2.75, 3.05) is 13.1 Å². The summed E-state index contributed by atoms with van der Waals surface area (Å²) < 4.78 is 0. The van der Waals surface area contributed by atoms with Gasteiger partial charge in [0.25, 0.3) is 5.91 Å². The second-order valence-electron chi connectivity index (χ2n) is 7.61. The van der Waals surface area contributed by atoms with Crippen molar-refractivity contribution in [3.8, 4) is 0 Å². The number of benzene rings is 1. The molecule has 1 aromatic rings. The van der Waals surface area contributed by atoms with Crippen LogP contribution in [0.15, 0.2) is 24.3 Å². The molecule has 1 saturated carbocycles. The molecule has 2 amide bonds. The standard InChI is InChI=1S/C19H26ClN3O2.ClH/c1-11(2)17(22-18(24)12-3-6-14(20)7-4-12)19(25)23-9-13-5-8-16(21)15(13)10-23;/h3-4,6-7,11,13,15-17H,5,8-10,21H2,1-2H3,(H,22,24);1H. The van der Waals surface area contributed by atoms with Crippen LogP contribution in [0.3, 0.4) is 0 Å². The summed E-state index contributed by atoms with van der Waals surface area (Å²) in [6, 6.07) is 6.34. The summed E-state index contributed by atoms with van der Waals surface area (Å²) in [4.78, 5) is 27.4. The van der Waals surface area contributed by atoms with Crippen LogP contribution in [0, 0.1) is 17.8 Å². The molecule has 1 heterocycles. The number of halogens is 2. The minimum atomic E-state index is -0.529. The lowest BCUT2D eigenvalue weighted by molar-refractivity contribution is -0.133. The molecule has 3 rings (SSSR count). The van der Waals surface area contributed by atoms with Gasteiger partial charge in [-0.15, -0.1) is 12.4 Å². The van der Waals surface area contributed by atoms with Gasteiger partial charge in [-0.25, -0.2) is 0 Å². The molecule has 3 N–H and O–H groups in total. The van der Waals surface area contributed by atoms with Crippen molar-refractivity contribution < 1.29 is 9.59 Å². The van der Waals surface area contributed by atoms with Crippen LogP contribution in [0.1, 0.15) is 37.0 Å². The van der Waals surface area contributed by atoms with E-state index in [9.17, 15) is 9.59 Å². The Balaban J connectivity index is 0.00000243. The summed E-state index contributed by atoms with van der Waals surface area (Å²) >= 11 is 5.86. The highest BCUT2D eigenvalue weighted by Crippen LogP contribution is 2.37. The predicted molar refractivity (Wildman–Crippen MR) is 106 cm³/mol. The van der Waals surface area contributed by atoms with Gasteiger partial charge in [-0.1, -0.05) is 25.4 Å². The van der Waals surface area contributed by atoms with Gasteiger partial charge in [-0.2, -0.15) is 0 Å². The Morgan fingerprint density at radius 3 is 2.42 bits per heavy atom. The van der Waals surface area contributed by atoms with Crippen molar-refractivity contribution in [3.63, 3.8) is 0 Å². The highest BCUT2D eigenvalue weighted by Gasteiger charge is 2.44. The molecule has 5 nitrogen and oxygen atoms in total. The first-order valence-corrected chi connectivity index (χ1v) is 9.35. The van der Waals surface area contributed by atoms with E-state index in [1.807, 2.05) is 18.7 Å². The largest absolute Gasteiger partial charge is 0.340 e. The molecule has 4 unspecified atom stereocenters. The summed E-state index contributed by atoms with van der Waals surface area (Å²) in [7, 11) is 0. The van der Waals surface area contributed by atoms with Gasteiger partial charge in [0.05, 0.1) is 0 Å². The number of hydrogen-bond donors (Lipinski definition) is 2. The van der Waals surface area contributed by atoms with E-state index in [0.717, 1.165) is 19.4 Å². The fourth-order valence-electron chi connectivity index (χ4n) is 4.02. The first-order chi connectivity index (χ1) is 11.9. The summed E-state index contributed by atoms with van der Waals surface area (Å²) in [6.07, 6.45) is 2.15. The Hall–Kier alpha value is -1.30. The maximum atomic E-state index is 13.0. The van der Waals surface area contributed by atoms with Crippen LogP contribution in [0.4, 0.5) is 0 Å². The van der Waals surface area contributed by atoms with E-state index in [-0.39, 0.29) is 36.2 Å². The maximum Gasteiger partial charge on any atom is 0.251 e. The van der Waals surface area contributed by atoms with Crippen LogP contribution in [0.2, 0.25) is 5.02 Å². The third kappa shape index (κ3) is 4.33. The van der Waals surface area contributed by atoms with Crippen LogP contribution in [0.5, 0.6) is 0 Å². The zero-order chi connectivity index (χ0) is 18.1. The van der Waals surface area contributed by atoms with Crippen molar-refractivity contribution in [1.29, 1.82) is 0 Å². The number of nitrogens with two attached hydrogens (primary N) is 1. The Morgan fingerprint density at radius 2 is 1.85 bits per heavy atom. The Labute approximate surface area is 166 Å². The number of nitrogens with one attached hydrogen (secondary N) is 1. The minimum absolute atomic E-state index is 0. The average molecular weight is 400 g/mol. The second kappa shape index (κ2) is 8.59. The smallest absolute Gasteiger partial charge is 0.251 e. The molecule has 1 aromatic carbocycles.